The first-order valence-corrected chi connectivity index (χ1v) is 9.63. The molecule has 150 valence electrons. The van der Waals surface area contributed by atoms with Crippen molar-refractivity contribution in [3.8, 4) is 0 Å². The molecule has 0 radical (unpaired) electrons. The Hall–Kier alpha value is -1.68. The maximum atomic E-state index is 13.3. The SMILES string of the molecule is C[C@H]1CCCCN1c1cc(C(F)(F)F)nc(NC(=S)NC[C@@H]2CCCO2)n1. The van der Waals surface area contributed by atoms with Crippen LogP contribution in [0.25, 0.3) is 0 Å². The number of hydrogen-bond acceptors (Lipinski definition) is 5. The van der Waals surface area contributed by atoms with Gasteiger partial charge in [-0.2, -0.15) is 18.2 Å². The standard InChI is InChI=1S/C17H24F3N5OS/c1-11-5-2-3-7-25(11)14-9-13(17(18,19)20)22-15(23-14)24-16(27)21-10-12-6-4-8-26-12/h9,11-12H,2-8,10H2,1H3,(H2,21,22,23,24,27)/t11-,12-/m0/s1. The van der Waals surface area contributed by atoms with Crippen LogP contribution in [0.15, 0.2) is 6.07 Å². The van der Waals surface area contributed by atoms with Gasteiger partial charge in [0.15, 0.2) is 10.8 Å². The van der Waals surface area contributed by atoms with Gasteiger partial charge < -0.3 is 20.3 Å². The van der Waals surface area contributed by atoms with Crippen LogP contribution in [-0.2, 0) is 10.9 Å². The summed E-state index contributed by atoms with van der Waals surface area (Å²) in [6.07, 6.45) is 0.372. The van der Waals surface area contributed by atoms with E-state index in [1.807, 2.05) is 11.8 Å². The molecule has 2 aliphatic rings. The molecule has 0 bridgehead atoms. The fraction of sp³-hybridized carbons (Fsp3) is 0.706. The van der Waals surface area contributed by atoms with E-state index < -0.39 is 11.9 Å². The highest BCUT2D eigenvalue weighted by Crippen LogP contribution is 2.32. The van der Waals surface area contributed by atoms with Crippen molar-refractivity contribution in [3.63, 3.8) is 0 Å². The Kier molecular flexibility index (Phi) is 6.36. The molecule has 10 heteroatoms. The summed E-state index contributed by atoms with van der Waals surface area (Å²) in [5.41, 5.74) is -0.977. The molecule has 0 saturated carbocycles. The molecule has 2 N–H and O–H groups in total. The van der Waals surface area contributed by atoms with Gasteiger partial charge in [0.2, 0.25) is 5.95 Å². The first-order valence-electron chi connectivity index (χ1n) is 9.22. The predicted molar refractivity (Wildman–Crippen MR) is 101 cm³/mol. The molecule has 0 spiro atoms. The van der Waals surface area contributed by atoms with Crippen LogP contribution >= 0.6 is 12.2 Å². The minimum Gasteiger partial charge on any atom is -0.376 e. The van der Waals surface area contributed by atoms with E-state index in [2.05, 4.69) is 20.6 Å². The summed E-state index contributed by atoms with van der Waals surface area (Å²) < 4.78 is 45.4. The highest BCUT2D eigenvalue weighted by Gasteiger charge is 2.35. The van der Waals surface area contributed by atoms with Gasteiger partial charge in [-0.15, -0.1) is 0 Å². The van der Waals surface area contributed by atoms with Crippen LogP contribution in [0, 0.1) is 0 Å². The van der Waals surface area contributed by atoms with Crippen LogP contribution in [0.2, 0.25) is 0 Å². The summed E-state index contributed by atoms with van der Waals surface area (Å²) in [5, 5.41) is 5.83. The first kappa shape index (κ1) is 20.1. The third-order valence-electron chi connectivity index (χ3n) is 4.84. The number of hydrogen-bond donors (Lipinski definition) is 2. The van der Waals surface area contributed by atoms with Crippen molar-refractivity contribution in [3.05, 3.63) is 11.8 Å². The number of halogens is 3. The average molecular weight is 403 g/mol. The van der Waals surface area contributed by atoms with E-state index in [4.69, 9.17) is 17.0 Å². The van der Waals surface area contributed by atoms with Gasteiger partial charge >= 0.3 is 6.18 Å². The Morgan fingerprint density at radius 2 is 2.11 bits per heavy atom. The Morgan fingerprint density at radius 3 is 2.78 bits per heavy atom. The van der Waals surface area contributed by atoms with Crippen molar-refractivity contribution < 1.29 is 17.9 Å². The molecular formula is C17H24F3N5OS. The van der Waals surface area contributed by atoms with Crippen molar-refractivity contribution >= 4 is 29.1 Å². The minimum absolute atomic E-state index is 0.0666. The van der Waals surface area contributed by atoms with E-state index in [0.717, 1.165) is 44.8 Å². The van der Waals surface area contributed by atoms with Gasteiger partial charge in [-0.1, -0.05) is 0 Å². The van der Waals surface area contributed by atoms with Crippen molar-refractivity contribution in [1.29, 1.82) is 0 Å². The lowest BCUT2D eigenvalue weighted by molar-refractivity contribution is -0.141. The lowest BCUT2D eigenvalue weighted by atomic mass is 10.0. The number of piperidine rings is 1. The quantitative estimate of drug-likeness (QED) is 0.748. The Bertz CT molecular complexity index is 666. The first-order chi connectivity index (χ1) is 12.8. The maximum Gasteiger partial charge on any atom is 0.433 e. The molecule has 2 saturated heterocycles. The van der Waals surface area contributed by atoms with Gasteiger partial charge in [-0.25, -0.2) is 4.98 Å². The summed E-state index contributed by atoms with van der Waals surface area (Å²) in [7, 11) is 0. The Morgan fingerprint density at radius 1 is 1.30 bits per heavy atom. The van der Waals surface area contributed by atoms with Crippen LogP contribution in [0.1, 0.15) is 44.7 Å². The lowest BCUT2D eigenvalue weighted by Gasteiger charge is -2.34. The van der Waals surface area contributed by atoms with Gasteiger partial charge in [0.1, 0.15) is 5.82 Å². The summed E-state index contributed by atoms with van der Waals surface area (Å²) in [6, 6.07) is 1.14. The highest BCUT2D eigenvalue weighted by atomic mass is 32.1. The molecular weight excluding hydrogens is 379 g/mol. The topological polar surface area (TPSA) is 62.3 Å². The van der Waals surface area contributed by atoms with Gasteiger partial charge in [-0.3, -0.25) is 0 Å². The molecule has 27 heavy (non-hydrogen) atoms. The van der Waals surface area contributed by atoms with Crippen LogP contribution in [0.4, 0.5) is 24.9 Å². The second-order valence-corrected chi connectivity index (χ2v) is 7.35. The zero-order chi connectivity index (χ0) is 19.4. The molecule has 6 nitrogen and oxygen atoms in total. The smallest absolute Gasteiger partial charge is 0.376 e. The third kappa shape index (κ3) is 5.41. The molecule has 2 fully saturated rings. The number of nitrogens with one attached hydrogen (secondary N) is 2. The number of ether oxygens (including phenoxy) is 1. The number of alkyl halides is 3. The van der Waals surface area contributed by atoms with Crippen molar-refractivity contribution in [2.24, 2.45) is 0 Å². The zero-order valence-corrected chi connectivity index (χ0v) is 16.0. The maximum absolute atomic E-state index is 13.3. The van der Waals surface area contributed by atoms with Crippen LogP contribution in [0.3, 0.4) is 0 Å². The Labute approximate surface area is 161 Å². The summed E-state index contributed by atoms with van der Waals surface area (Å²) in [4.78, 5) is 9.79. The van der Waals surface area contributed by atoms with E-state index in [-0.39, 0.29) is 29.0 Å². The molecule has 1 aromatic rings. The van der Waals surface area contributed by atoms with Crippen molar-refractivity contribution in [2.75, 3.05) is 29.9 Å². The van der Waals surface area contributed by atoms with E-state index in [0.29, 0.717) is 13.1 Å². The fourth-order valence-corrected chi connectivity index (χ4v) is 3.55. The Balaban J connectivity index is 1.74. The lowest BCUT2D eigenvalue weighted by Crippen LogP contribution is -2.39. The number of aromatic nitrogens is 2. The number of rotatable bonds is 4. The van der Waals surface area contributed by atoms with E-state index in [1.165, 1.54) is 0 Å². The molecule has 3 rings (SSSR count). The molecule has 2 atom stereocenters. The summed E-state index contributed by atoms with van der Waals surface area (Å²) >= 11 is 5.18. The van der Waals surface area contributed by atoms with Crippen molar-refractivity contribution in [2.45, 2.75) is 57.3 Å². The minimum atomic E-state index is -4.56. The van der Waals surface area contributed by atoms with Gasteiger partial charge in [0.05, 0.1) is 6.10 Å². The van der Waals surface area contributed by atoms with Crippen LogP contribution in [0.5, 0.6) is 0 Å². The molecule has 3 heterocycles. The summed E-state index contributed by atoms with van der Waals surface area (Å²) in [5.74, 6) is 0.122. The summed E-state index contributed by atoms with van der Waals surface area (Å²) in [6.45, 7) is 3.90. The normalized spacial score (nSPS) is 23.3. The number of nitrogens with zero attached hydrogens (tertiary/aromatic N) is 3. The molecule has 1 aromatic heterocycles. The van der Waals surface area contributed by atoms with E-state index >= 15 is 0 Å². The third-order valence-corrected chi connectivity index (χ3v) is 5.09. The number of anilines is 2. The molecule has 0 amide bonds. The molecule has 2 aliphatic heterocycles. The van der Waals surface area contributed by atoms with E-state index in [1.54, 1.807) is 0 Å². The van der Waals surface area contributed by atoms with Crippen molar-refractivity contribution in [1.82, 2.24) is 15.3 Å². The van der Waals surface area contributed by atoms with Crippen LogP contribution in [-0.4, -0.2) is 46.9 Å². The molecule has 0 aliphatic carbocycles. The zero-order valence-electron chi connectivity index (χ0n) is 15.2. The second kappa shape index (κ2) is 8.55. The molecule has 0 aromatic carbocycles. The van der Waals surface area contributed by atoms with Crippen LogP contribution < -0.4 is 15.5 Å². The average Bonchev–Trinajstić information content (AvgIpc) is 3.13. The number of thiocarbonyl (C=S) groups is 1. The predicted octanol–water partition coefficient (Wildman–Crippen LogP) is 3.34. The fourth-order valence-electron chi connectivity index (χ4n) is 3.38. The largest absolute Gasteiger partial charge is 0.433 e. The van der Waals surface area contributed by atoms with Gasteiger partial charge in [0, 0.05) is 31.8 Å². The van der Waals surface area contributed by atoms with E-state index in [9.17, 15) is 13.2 Å². The monoisotopic (exact) mass is 403 g/mol. The highest BCUT2D eigenvalue weighted by molar-refractivity contribution is 7.80. The molecule has 0 unspecified atom stereocenters. The second-order valence-electron chi connectivity index (χ2n) is 6.94. The van der Waals surface area contributed by atoms with Gasteiger partial charge in [-0.05, 0) is 51.2 Å². The van der Waals surface area contributed by atoms with Gasteiger partial charge in [0.25, 0.3) is 0 Å².